The normalized spacial score (nSPS) is 13.2. The lowest BCUT2D eigenvalue weighted by Crippen LogP contribution is -2.53. The van der Waals surface area contributed by atoms with Gasteiger partial charge in [-0.2, -0.15) is 0 Å². The zero-order chi connectivity index (χ0) is 18.5. The number of unbranched alkanes of at least 4 members (excludes halogenated alkanes) is 4. The summed E-state index contributed by atoms with van der Waals surface area (Å²) in [5.41, 5.74) is 5.40. The van der Waals surface area contributed by atoms with Gasteiger partial charge in [-0.1, -0.05) is 39.2 Å². The molecule has 6 nitrogen and oxygen atoms in total. The SMILES string of the molecule is C=CCCCCCC[C@@H](NC(=O)[C@H](CC(C)C)NC(C)=O)C(N)=O. The van der Waals surface area contributed by atoms with Gasteiger partial charge in [0.15, 0.2) is 0 Å². The minimum Gasteiger partial charge on any atom is -0.368 e. The number of amides is 3. The van der Waals surface area contributed by atoms with Crippen LogP contribution in [0, 0.1) is 5.92 Å². The number of hydrogen-bond acceptors (Lipinski definition) is 3. The Kier molecular flexibility index (Phi) is 11.6. The Morgan fingerprint density at radius 2 is 1.67 bits per heavy atom. The molecular formula is C18H33N3O3. The predicted octanol–water partition coefficient (Wildman–Crippen LogP) is 2.03. The number of carbonyl (C=O) groups is 3. The zero-order valence-electron chi connectivity index (χ0n) is 15.3. The summed E-state index contributed by atoms with van der Waals surface area (Å²) < 4.78 is 0. The topological polar surface area (TPSA) is 101 Å². The van der Waals surface area contributed by atoms with Gasteiger partial charge in [-0.05, 0) is 31.6 Å². The monoisotopic (exact) mass is 339 g/mol. The number of carbonyl (C=O) groups excluding carboxylic acids is 3. The molecular weight excluding hydrogens is 306 g/mol. The fourth-order valence-electron chi connectivity index (χ4n) is 2.50. The Bertz CT molecular complexity index is 422. The van der Waals surface area contributed by atoms with Gasteiger partial charge in [0.2, 0.25) is 17.7 Å². The molecule has 4 N–H and O–H groups in total. The van der Waals surface area contributed by atoms with E-state index in [9.17, 15) is 14.4 Å². The largest absolute Gasteiger partial charge is 0.368 e. The molecule has 138 valence electrons. The number of primary amides is 1. The van der Waals surface area contributed by atoms with Crippen molar-refractivity contribution in [2.45, 2.75) is 77.8 Å². The molecule has 0 rings (SSSR count). The van der Waals surface area contributed by atoms with Crippen molar-refractivity contribution in [2.75, 3.05) is 0 Å². The van der Waals surface area contributed by atoms with Crippen LogP contribution in [0.2, 0.25) is 0 Å². The van der Waals surface area contributed by atoms with Crippen molar-refractivity contribution in [1.29, 1.82) is 0 Å². The van der Waals surface area contributed by atoms with Gasteiger partial charge in [0.05, 0.1) is 0 Å². The van der Waals surface area contributed by atoms with Crippen LogP contribution >= 0.6 is 0 Å². The standard InChI is InChI=1S/C18H33N3O3/c1-5-6-7-8-9-10-11-15(17(19)23)21-18(24)16(12-13(2)3)20-14(4)22/h5,13,15-16H,1,6-12H2,2-4H3,(H2,19,23)(H,20,22)(H,21,24)/t15-,16+/m1/s1. The van der Waals surface area contributed by atoms with Crippen molar-refractivity contribution in [3.63, 3.8) is 0 Å². The van der Waals surface area contributed by atoms with Gasteiger partial charge in [-0.25, -0.2) is 0 Å². The summed E-state index contributed by atoms with van der Waals surface area (Å²) in [6.07, 6.45) is 7.85. The summed E-state index contributed by atoms with van der Waals surface area (Å²) in [6.45, 7) is 8.99. The van der Waals surface area contributed by atoms with E-state index >= 15 is 0 Å². The van der Waals surface area contributed by atoms with Gasteiger partial charge >= 0.3 is 0 Å². The minimum atomic E-state index is -0.694. The molecule has 2 atom stereocenters. The van der Waals surface area contributed by atoms with Crippen LogP contribution in [0.15, 0.2) is 12.7 Å². The summed E-state index contributed by atoms with van der Waals surface area (Å²) in [7, 11) is 0. The van der Waals surface area contributed by atoms with Gasteiger partial charge in [0.25, 0.3) is 0 Å². The minimum absolute atomic E-state index is 0.240. The van der Waals surface area contributed by atoms with Crippen molar-refractivity contribution in [3.8, 4) is 0 Å². The number of nitrogens with one attached hydrogen (secondary N) is 2. The third kappa shape index (κ3) is 10.8. The van der Waals surface area contributed by atoms with Crippen molar-refractivity contribution in [2.24, 2.45) is 11.7 Å². The maximum Gasteiger partial charge on any atom is 0.243 e. The third-order valence-corrected chi connectivity index (χ3v) is 3.71. The second-order valence-corrected chi connectivity index (χ2v) is 6.63. The van der Waals surface area contributed by atoms with Crippen LogP contribution in [0.3, 0.4) is 0 Å². The van der Waals surface area contributed by atoms with E-state index in [2.05, 4.69) is 17.2 Å². The Balaban J connectivity index is 4.49. The first-order chi connectivity index (χ1) is 11.3. The average Bonchev–Trinajstić information content (AvgIpc) is 2.47. The molecule has 0 saturated heterocycles. The fraction of sp³-hybridized carbons (Fsp3) is 0.722. The Labute approximate surface area is 145 Å². The first-order valence-corrected chi connectivity index (χ1v) is 8.75. The van der Waals surface area contributed by atoms with Crippen LogP contribution in [-0.4, -0.2) is 29.8 Å². The van der Waals surface area contributed by atoms with Gasteiger partial charge < -0.3 is 16.4 Å². The molecule has 0 aliphatic rings. The van der Waals surface area contributed by atoms with E-state index in [4.69, 9.17) is 5.73 Å². The maximum absolute atomic E-state index is 12.4. The summed E-state index contributed by atoms with van der Waals surface area (Å²) in [5, 5.41) is 5.32. The summed E-state index contributed by atoms with van der Waals surface area (Å²) in [6, 6.07) is -1.34. The lowest BCUT2D eigenvalue weighted by atomic mass is 10.0. The number of nitrogens with two attached hydrogens (primary N) is 1. The second-order valence-electron chi connectivity index (χ2n) is 6.63. The van der Waals surface area contributed by atoms with Gasteiger partial charge in [-0.15, -0.1) is 6.58 Å². The highest BCUT2D eigenvalue weighted by atomic mass is 16.2. The Morgan fingerprint density at radius 3 is 2.17 bits per heavy atom. The van der Waals surface area contributed by atoms with E-state index in [1.54, 1.807) is 0 Å². The van der Waals surface area contributed by atoms with Crippen LogP contribution in [-0.2, 0) is 14.4 Å². The lowest BCUT2D eigenvalue weighted by molar-refractivity contribution is -0.131. The van der Waals surface area contributed by atoms with Gasteiger partial charge in [0.1, 0.15) is 12.1 Å². The molecule has 0 unspecified atom stereocenters. The van der Waals surface area contributed by atoms with E-state index in [1.807, 2.05) is 19.9 Å². The Morgan fingerprint density at radius 1 is 1.04 bits per heavy atom. The molecule has 6 heteroatoms. The molecule has 0 aromatic rings. The zero-order valence-corrected chi connectivity index (χ0v) is 15.3. The molecule has 0 aliphatic carbocycles. The number of rotatable bonds is 13. The average molecular weight is 339 g/mol. The van der Waals surface area contributed by atoms with Crippen LogP contribution in [0.1, 0.15) is 65.7 Å². The van der Waals surface area contributed by atoms with E-state index in [0.717, 1.165) is 32.1 Å². The highest BCUT2D eigenvalue weighted by Crippen LogP contribution is 2.09. The van der Waals surface area contributed by atoms with Crippen LogP contribution < -0.4 is 16.4 Å². The Hall–Kier alpha value is -1.85. The quantitative estimate of drug-likeness (QED) is 0.353. The van der Waals surface area contributed by atoms with Crippen LogP contribution in [0.25, 0.3) is 0 Å². The van der Waals surface area contributed by atoms with E-state index in [1.165, 1.54) is 6.92 Å². The predicted molar refractivity (Wildman–Crippen MR) is 96.1 cm³/mol. The third-order valence-electron chi connectivity index (χ3n) is 3.71. The molecule has 0 spiro atoms. The van der Waals surface area contributed by atoms with Crippen molar-refractivity contribution >= 4 is 17.7 Å². The molecule has 0 saturated carbocycles. The maximum atomic E-state index is 12.4. The summed E-state index contributed by atoms with van der Waals surface area (Å²) in [4.78, 5) is 35.2. The first-order valence-electron chi connectivity index (χ1n) is 8.75. The first kappa shape index (κ1) is 22.1. The molecule has 0 bridgehead atoms. The fourth-order valence-corrected chi connectivity index (χ4v) is 2.50. The van der Waals surface area contributed by atoms with Gasteiger partial charge in [0, 0.05) is 6.92 Å². The van der Waals surface area contributed by atoms with E-state index in [0.29, 0.717) is 12.8 Å². The van der Waals surface area contributed by atoms with Crippen LogP contribution in [0.4, 0.5) is 0 Å². The van der Waals surface area contributed by atoms with Crippen molar-refractivity contribution in [1.82, 2.24) is 10.6 Å². The summed E-state index contributed by atoms with van der Waals surface area (Å²) >= 11 is 0. The van der Waals surface area contributed by atoms with Crippen molar-refractivity contribution in [3.05, 3.63) is 12.7 Å². The highest BCUT2D eigenvalue weighted by Gasteiger charge is 2.25. The molecule has 0 fully saturated rings. The van der Waals surface area contributed by atoms with Gasteiger partial charge in [-0.3, -0.25) is 14.4 Å². The second kappa shape index (κ2) is 12.6. The molecule has 0 aromatic carbocycles. The van der Waals surface area contributed by atoms with E-state index in [-0.39, 0.29) is 17.7 Å². The lowest BCUT2D eigenvalue weighted by Gasteiger charge is -2.22. The summed E-state index contributed by atoms with van der Waals surface area (Å²) in [5.74, 6) is -0.923. The molecule has 0 aromatic heterocycles. The smallest absolute Gasteiger partial charge is 0.243 e. The molecule has 0 heterocycles. The molecule has 0 aliphatic heterocycles. The van der Waals surface area contributed by atoms with Crippen LogP contribution in [0.5, 0.6) is 0 Å². The number of hydrogen-bond donors (Lipinski definition) is 3. The number of allylic oxidation sites excluding steroid dienone is 1. The van der Waals surface area contributed by atoms with Crippen molar-refractivity contribution < 1.29 is 14.4 Å². The molecule has 24 heavy (non-hydrogen) atoms. The molecule has 0 radical (unpaired) electrons. The highest BCUT2D eigenvalue weighted by molar-refractivity contribution is 5.91. The van der Waals surface area contributed by atoms with E-state index < -0.39 is 18.0 Å². The molecule has 3 amide bonds.